The standard InChI is InChI=1S/C12H11BrClNO2/c1-6(16)15-9-5-8(14)12(13)7-3-2-4-10(17)11(7)9/h5H,2-4H2,1H3,(H,15,16). The lowest BCUT2D eigenvalue weighted by atomic mass is 9.89. The van der Waals surface area contributed by atoms with Gasteiger partial charge in [0.05, 0.1) is 10.7 Å². The number of benzene rings is 1. The minimum atomic E-state index is -0.205. The zero-order chi connectivity index (χ0) is 12.6. The average molecular weight is 317 g/mol. The van der Waals surface area contributed by atoms with Crippen LogP contribution in [-0.2, 0) is 11.2 Å². The van der Waals surface area contributed by atoms with Crippen molar-refractivity contribution in [3.05, 3.63) is 26.7 Å². The SMILES string of the molecule is CC(=O)Nc1cc(Cl)c(Br)c2c1C(=O)CCC2. The lowest BCUT2D eigenvalue weighted by Crippen LogP contribution is -2.17. The van der Waals surface area contributed by atoms with Gasteiger partial charge in [0.15, 0.2) is 5.78 Å². The minimum Gasteiger partial charge on any atom is -0.326 e. The minimum absolute atomic E-state index is 0.0624. The van der Waals surface area contributed by atoms with Gasteiger partial charge in [-0.25, -0.2) is 0 Å². The van der Waals surface area contributed by atoms with Crippen LogP contribution in [0, 0.1) is 0 Å². The summed E-state index contributed by atoms with van der Waals surface area (Å²) < 4.78 is 0.760. The number of rotatable bonds is 1. The summed E-state index contributed by atoms with van der Waals surface area (Å²) in [4.78, 5) is 23.1. The van der Waals surface area contributed by atoms with Crippen molar-refractivity contribution < 1.29 is 9.59 Å². The number of fused-ring (bicyclic) bond motifs is 1. The van der Waals surface area contributed by atoms with Crippen molar-refractivity contribution in [1.29, 1.82) is 0 Å². The van der Waals surface area contributed by atoms with Crippen LogP contribution >= 0.6 is 27.5 Å². The average Bonchev–Trinajstić information content (AvgIpc) is 2.24. The smallest absolute Gasteiger partial charge is 0.221 e. The fourth-order valence-electron chi connectivity index (χ4n) is 2.07. The monoisotopic (exact) mass is 315 g/mol. The van der Waals surface area contributed by atoms with E-state index in [0.717, 1.165) is 22.9 Å². The van der Waals surface area contributed by atoms with Crippen LogP contribution < -0.4 is 5.32 Å². The second kappa shape index (κ2) is 4.78. The van der Waals surface area contributed by atoms with Crippen molar-refractivity contribution in [2.45, 2.75) is 26.2 Å². The summed E-state index contributed by atoms with van der Waals surface area (Å²) in [6, 6.07) is 1.62. The highest BCUT2D eigenvalue weighted by Crippen LogP contribution is 2.38. The lowest BCUT2D eigenvalue weighted by molar-refractivity contribution is -0.114. The highest BCUT2D eigenvalue weighted by Gasteiger charge is 2.25. The van der Waals surface area contributed by atoms with Crippen molar-refractivity contribution in [2.75, 3.05) is 5.32 Å². The second-order valence-electron chi connectivity index (χ2n) is 4.03. The normalized spacial score (nSPS) is 14.4. The topological polar surface area (TPSA) is 46.2 Å². The Hall–Kier alpha value is -0.870. The first-order valence-electron chi connectivity index (χ1n) is 5.32. The molecule has 0 heterocycles. The van der Waals surface area contributed by atoms with Gasteiger partial charge in [-0.15, -0.1) is 0 Å². The number of amides is 1. The molecule has 1 aliphatic carbocycles. The number of carbonyl (C=O) groups excluding carboxylic acids is 2. The maximum absolute atomic E-state index is 11.9. The van der Waals surface area contributed by atoms with Crippen molar-refractivity contribution in [3.63, 3.8) is 0 Å². The van der Waals surface area contributed by atoms with Gasteiger partial charge in [-0.05, 0) is 40.4 Å². The van der Waals surface area contributed by atoms with Crippen molar-refractivity contribution in [1.82, 2.24) is 0 Å². The van der Waals surface area contributed by atoms with E-state index in [1.807, 2.05) is 0 Å². The quantitative estimate of drug-likeness (QED) is 0.861. The summed E-state index contributed by atoms with van der Waals surface area (Å²) in [5.74, 6) is -0.142. The van der Waals surface area contributed by atoms with Gasteiger partial charge < -0.3 is 5.32 Å². The third-order valence-corrected chi connectivity index (χ3v) is 4.17. The Kier molecular flexibility index (Phi) is 3.54. The number of carbonyl (C=O) groups is 2. The molecule has 3 nitrogen and oxygen atoms in total. The number of halogens is 2. The summed E-state index contributed by atoms with van der Waals surface area (Å²) in [6.07, 6.45) is 2.15. The molecule has 17 heavy (non-hydrogen) atoms. The van der Waals surface area contributed by atoms with Crippen molar-refractivity contribution in [2.24, 2.45) is 0 Å². The number of hydrogen-bond donors (Lipinski definition) is 1. The molecule has 90 valence electrons. The second-order valence-corrected chi connectivity index (χ2v) is 5.23. The first-order valence-corrected chi connectivity index (χ1v) is 6.49. The summed E-state index contributed by atoms with van der Waals surface area (Å²) in [6.45, 7) is 1.41. The molecule has 1 aliphatic rings. The van der Waals surface area contributed by atoms with E-state index >= 15 is 0 Å². The molecule has 0 radical (unpaired) electrons. The highest BCUT2D eigenvalue weighted by molar-refractivity contribution is 9.10. The maximum atomic E-state index is 11.9. The summed E-state index contributed by atoms with van der Waals surface area (Å²) in [5, 5.41) is 3.18. The van der Waals surface area contributed by atoms with E-state index < -0.39 is 0 Å². The Balaban J connectivity index is 2.63. The largest absolute Gasteiger partial charge is 0.326 e. The van der Waals surface area contributed by atoms with E-state index in [1.54, 1.807) is 6.07 Å². The molecule has 0 bridgehead atoms. The molecule has 0 spiro atoms. The molecule has 0 aliphatic heterocycles. The van der Waals surface area contributed by atoms with E-state index in [2.05, 4.69) is 21.2 Å². The summed E-state index contributed by atoms with van der Waals surface area (Å²) in [7, 11) is 0. The van der Waals surface area contributed by atoms with E-state index in [9.17, 15) is 9.59 Å². The Bertz CT molecular complexity index is 514. The van der Waals surface area contributed by atoms with Gasteiger partial charge in [0, 0.05) is 23.4 Å². The Morgan fingerprint density at radius 3 is 2.82 bits per heavy atom. The first kappa shape index (κ1) is 12.6. The van der Waals surface area contributed by atoms with E-state index in [4.69, 9.17) is 11.6 Å². The molecule has 0 saturated carbocycles. The summed E-state index contributed by atoms with van der Waals surface area (Å²) in [5.41, 5.74) is 2.02. The van der Waals surface area contributed by atoms with E-state index in [0.29, 0.717) is 22.7 Å². The van der Waals surface area contributed by atoms with Crippen LogP contribution in [0.15, 0.2) is 10.5 Å². The zero-order valence-corrected chi connectivity index (χ0v) is 11.6. The first-order chi connectivity index (χ1) is 8.00. The maximum Gasteiger partial charge on any atom is 0.221 e. The van der Waals surface area contributed by atoms with Crippen LogP contribution in [0.5, 0.6) is 0 Å². The fraction of sp³-hybridized carbons (Fsp3) is 0.333. The van der Waals surface area contributed by atoms with Crippen LogP contribution in [-0.4, -0.2) is 11.7 Å². The zero-order valence-electron chi connectivity index (χ0n) is 9.27. The van der Waals surface area contributed by atoms with Crippen LogP contribution in [0.3, 0.4) is 0 Å². The van der Waals surface area contributed by atoms with Gasteiger partial charge in [0.1, 0.15) is 0 Å². The number of nitrogens with one attached hydrogen (secondary N) is 1. The molecule has 1 aromatic carbocycles. The number of Topliss-reactive ketones (excluding diaryl/α,β-unsaturated/α-hetero) is 1. The molecule has 0 unspecified atom stereocenters. The highest BCUT2D eigenvalue weighted by atomic mass is 79.9. The Labute approximate surface area is 113 Å². The van der Waals surface area contributed by atoms with Crippen LogP contribution in [0.4, 0.5) is 5.69 Å². The molecule has 1 amide bonds. The van der Waals surface area contributed by atoms with Gasteiger partial charge in [-0.1, -0.05) is 11.6 Å². The number of ketones is 1. The number of hydrogen-bond acceptors (Lipinski definition) is 2. The fourth-order valence-corrected chi connectivity index (χ4v) is 2.81. The van der Waals surface area contributed by atoms with Gasteiger partial charge in [0.25, 0.3) is 0 Å². The Morgan fingerprint density at radius 2 is 2.18 bits per heavy atom. The molecule has 5 heteroatoms. The predicted octanol–water partition coefficient (Wildman–Crippen LogP) is 3.58. The van der Waals surface area contributed by atoms with E-state index in [1.165, 1.54) is 6.92 Å². The molecule has 2 rings (SSSR count). The molecular formula is C12H11BrClNO2. The predicted molar refractivity (Wildman–Crippen MR) is 70.7 cm³/mol. The lowest BCUT2D eigenvalue weighted by Gasteiger charge is -2.20. The molecule has 0 aromatic heterocycles. The van der Waals surface area contributed by atoms with Gasteiger partial charge in [0.2, 0.25) is 5.91 Å². The molecule has 0 saturated heterocycles. The molecule has 0 atom stereocenters. The number of anilines is 1. The Morgan fingerprint density at radius 1 is 1.47 bits per heavy atom. The molecule has 0 fully saturated rings. The van der Waals surface area contributed by atoms with Gasteiger partial charge >= 0.3 is 0 Å². The van der Waals surface area contributed by atoms with Crippen LogP contribution in [0.1, 0.15) is 35.7 Å². The van der Waals surface area contributed by atoms with Gasteiger partial charge in [-0.2, -0.15) is 0 Å². The summed E-state index contributed by atoms with van der Waals surface area (Å²) >= 11 is 9.47. The molecule has 1 N–H and O–H groups in total. The third kappa shape index (κ3) is 2.38. The van der Waals surface area contributed by atoms with Gasteiger partial charge in [-0.3, -0.25) is 9.59 Å². The van der Waals surface area contributed by atoms with Crippen LogP contribution in [0.2, 0.25) is 5.02 Å². The van der Waals surface area contributed by atoms with Crippen LogP contribution in [0.25, 0.3) is 0 Å². The van der Waals surface area contributed by atoms with E-state index in [-0.39, 0.29) is 11.7 Å². The third-order valence-electron chi connectivity index (χ3n) is 2.74. The molecular weight excluding hydrogens is 305 g/mol. The van der Waals surface area contributed by atoms with Crippen molar-refractivity contribution >= 4 is 44.9 Å². The molecule has 1 aromatic rings. The van der Waals surface area contributed by atoms with Crippen molar-refractivity contribution in [3.8, 4) is 0 Å².